The number of carbonyl (C=O) groups is 1. The number of thioether (sulfide) groups is 1. The van der Waals surface area contributed by atoms with Gasteiger partial charge in [0, 0.05) is 23.8 Å². The largest absolute Gasteiger partial charge is 0.392 e. The molecule has 1 aliphatic carbocycles. The van der Waals surface area contributed by atoms with Crippen LogP contribution in [0.2, 0.25) is 0 Å². The van der Waals surface area contributed by atoms with Crippen molar-refractivity contribution in [2.24, 2.45) is 5.41 Å². The standard InChI is InChI=1S/C13H26N2O2S/c1-10(18-3)8-14-12(17)15-9-13(2)7-5-4-6-11(13)16/h10-11,16H,4-9H2,1-3H3,(H2,14,15,17). The smallest absolute Gasteiger partial charge is 0.314 e. The Balaban J connectivity index is 2.28. The quantitative estimate of drug-likeness (QED) is 0.718. The monoisotopic (exact) mass is 274 g/mol. The van der Waals surface area contributed by atoms with Crippen molar-refractivity contribution in [3.05, 3.63) is 0 Å². The summed E-state index contributed by atoms with van der Waals surface area (Å²) >= 11 is 1.73. The summed E-state index contributed by atoms with van der Waals surface area (Å²) in [5.74, 6) is 0. The van der Waals surface area contributed by atoms with Crippen LogP contribution < -0.4 is 10.6 Å². The molecule has 3 unspecified atom stereocenters. The van der Waals surface area contributed by atoms with Crippen molar-refractivity contribution in [1.29, 1.82) is 0 Å². The van der Waals surface area contributed by atoms with Crippen molar-refractivity contribution in [1.82, 2.24) is 10.6 Å². The van der Waals surface area contributed by atoms with Gasteiger partial charge in [-0.25, -0.2) is 4.79 Å². The van der Waals surface area contributed by atoms with Crippen LogP contribution in [-0.4, -0.2) is 41.8 Å². The lowest BCUT2D eigenvalue weighted by molar-refractivity contribution is 0.00310. The third kappa shape index (κ3) is 4.69. The molecule has 106 valence electrons. The minimum atomic E-state index is -0.295. The number of rotatable bonds is 5. The van der Waals surface area contributed by atoms with Gasteiger partial charge in [0.15, 0.2) is 0 Å². The highest BCUT2D eigenvalue weighted by atomic mass is 32.2. The van der Waals surface area contributed by atoms with E-state index in [-0.39, 0.29) is 17.6 Å². The van der Waals surface area contributed by atoms with Gasteiger partial charge in [0.05, 0.1) is 6.10 Å². The van der Waals surface area contributed by atoms with E-state index >= 15 is 0 Å². The third-order valence-electron chi connectivity index (χ3n) is 3.89. The van der Waals surface area contributed by atoms with Crippen molar-refractivity contribution < 1.29 is 9.90 Å². The normalized spacial score (nSPS) is 29.7. The van der Waals surface area contributed by atoms with E-state index in [1.165, 1.54) is 0 Å². The summed E-state index contributed by atoms with van der Waals surface area (Å²) in [6.45, 7) is 5.36. The van der Waals surface area contributed by atoms with Crippen LogP contribution in [-0.2, 0) is 0 Å². The minimum Gasteiger partial charge on any atom is -0.392 e. The molecular weight excluding hydrogens is 248 g/mol. The van der Waals surface area contributed by atoms with E-state index in [4.69, 9.17) is 0 Å². The van der Waals surface area contributed by atoms with E-state index in [9.17, 15) is 9.90 Å². The van der Waals surface area contributed by atoms with Crippen molar-refractivity contribution in [3.8, 4) is 0 Å². The molecule has 0 bridgehead atoms. The third-order valence-corrected chi connectivity index (χ3v) is 4.86. The number of hydrogen-bond acceptors (Lipinski definition) is 3. The van der Waals surface area contributed by atoms with Gasteiger partial charge in [-0.05, 0) is 19.1 Å². The number of nitrogens with one attached hydrogen (secondary N) is 2. The van der Waals surface area contributed by atoms with Crippen LogP contribution in [0.15, 0.2) is 0 Å². The summed E-state index contributed by atoms with van der Waals surface area (Å²) in [5, 5.41) is 16.2. The summed E-state index contributed by atoms with van der Waals surface area (Å²) < 4.78 is 0. The fraction of sp³-hybridized carbons (Fsp3) is 0.923. The molecule has 3 atom stereocenters. The molecule has 0 heterocycles. The van der Waals surface area contributed by atoms with Crippen LogP contribution in [0.5, 0.6) is 0 Å². The molecule has 4 nitrogen and oxygen atoms in total. The molecular formula is C13H26N2O2S. The summed E-state index contributed by atoms with van der Waals surface area (Å²) in [6.07, 6.45) is 5.80. The summed E-state index contributed by atoms with van der Waals surface area (Å²) in [7, 11) is 0. The first-order valence-electron chi connectivity index (χ1n) is 6.70. The Labute approximate surface area is 114 Å². The first-order valence-corrected chi connectivity index (χ1v) is 7.99. The zero-order chi connectivity index (χ0) is 13.6. The lowest BCUT2D eigenvalue weighted by Gasteiger charge is -2.38. The number of amides is 2. The van der Waals surface area contributed by atoms with Crippen LogP contribution in [0.3, 0.4) is 0 Å². The predicted octanol–water partition coefficient (Wildman–Crippen LogP) is 1.98. The number of aliphatic hydroxyl groups is 1. The number of urea groups is 1. The molecule has 0 aliphatic heterocycles. The van der Waals surface area contributed by atoms with Crippen LogP contribution in [0, 0.1) is 5.41 Å². The summed E-state index contributed by atoms with van der Waals surface area (Å²) in [6, 6.07) is -0.130. The van der Waals surface area contributed by atoms with Crippen LogP contribution in [0.25, 0.3) is 0 Å². The first kappa shape index (κ1) is 15.6. The molecule has 0 spiro atoms. The summed E-state index contributed by atoms with van der Waals surface area (Å²) in [4.78, 5) is 11.6. The summed E-state index contributed by atoms with van der Waals surface area (Å²) in [5.41, 5.74) is -0.166. The molecule has 18 heavy (non-hydrogen) atoms. The fourth-order valence-electron chi connectivity index (χ4n) is 2.25. The van der Waals surface area contributed by atoms with Crippen molar-refractivity contribution in [2.75, 3.05) is 19.3 Å². The zero-order valence-electron chi connectivity index (χ0n) is 11.7. The van der Waals surface area contributed by atoms with Gasteiger partial charge in [0.2, 0.25) is 0 Å². The highest BCUT2D eigenvalue weighted by molar-refractivity contribution is 7.99. The Morgan fingerprint density at radius 2 is 2.22 bits per heavy atom. The van der Waals surface area contributed by atoms with Gasteiger partial charge in [0.1, 0.15) is 0 Å². The molecule has 2 amide bonds. The topological polar surface area (TPSA) is 61.4 Å². The maximum Gasteiger partial charge on any atom is 0.314 e. The maximum atomic E-state index is 11.6. The van der Waals surface area contributed by atoms with Gasteiger partial charge in [-0.2, -0.15) is 11.8 Å². The Hall–Kier alpha value is -0.420. The van der Waals surface area contributed by atoms with Crippen molar-refractivity contribution in [3.63, 3.8) is 0 Å². The van der Waals surface area contributed by atoms with Gasteiger partial charge in [0.25, 0.3) is 0 Å². The maximum absolute atomic E-state index is 11.6. The molecule has 1 aliphatic rings. The molecule has 0 aromatic heterocycles. The Bertz CT molecular complexity index is 276. The van der Waals surface area contributed by atoms with E-state index in [0.717, 1.165) is 25.7 Å². The van der Waals surface area contributed by atoms with E-state index in [1.54, 1.807) is 11.8 Å². The number of aliphatic hydroxyl groups excluding tert-OH is 1. The molecule has 0 aromatic rings. The first-order chi connectivity index (χ1) is 8.48. The highest BCUT2D eigenvalue weighted by Gasteiger charge is 2.35. The van der Waals surface area contributed by atoms with Gasteiger partial charge in [-0.15, -0.1) is 0 Å². The van der Waals surface area contributed by atoms with Gasteiger partial charge in [-0.3, -0.25) is 0 Å². The van der Waals surface area contributed by atoms with Crippen molar-refractivity contribution in [2.45, 2.75) is 50.9 Å². The molecule has 3 N–H and O–H groups in total. The van der Waals surface area contributed by atoms with Crippen molar-refractivity contribution >= 4 is 17.8 Å². The van der Waals surface area contributed by atoms with E-state index < -0.39 is 0 Å². The second-order valence-corrected chi connectivity index (χ2v) is 6.80. The van der Waals surface area contributed by atoms with Crippen LogP contribution in [0.4, 0.5) is 4.79 Å². The highest BCUT2D eigenvalue weighted by Crippen LogP contribution is 2.35. The van der Waals surface area contributed by atoms with E-state index in [0.29, 0.717) is 18.3 Å². The minimum absolute atomic E-state index is 0.130. The van der Waals surface area contributed by atoms with Gasteiger partial charge in [-0.1, -0.05) is 26.7 Å². The average Bonchev–Trinajstić information content (AvgIpc) is 2.37. The van der Waals surface area contributed by atoms with E-state index in [1.807, 2.05) is 6.26 Å². The predicted molar refractivity (Wildman–Crippen MR) is 77.0 cm³/mol. The molecule has 5 heteroatoms. The Morgan fingerprint density at radius 3 is 2.83 bits per heavy atom. The molecule has 0 aromatic carbocycles. The molecule has 0 radical (unpaired) electrons. The lowest BCUT2D eigenvalue weighted by atomic mass is 9.73. The van der Waals surface area contributed by atoms with Gasteiger partial charge < -0.3 is 15.7 Å². The Morgan fingerprint density at radius 1 is 1.50 bits per heavy atom. The molecule has 1 rings (SSSR count). The molecule has 0 saturated heterocycles. The van der Waals surface area contributed by atoms with Crippen LogP contribution in [0.1, 0.15) is 39.5 Å². The average molecular weight is 274 g/mol. The Kier molecular flexibility index (Phi) is 6.29. The molecule has 1 saturated carbocycles. The zero-order valence-corrected chi connectivity index (χ0v) is 12.5. The number of carbonyl (C=O) groups excluding carboxylic acids is 1. The lowest BCUT2D eigenvalue weighted by Crippen LogP contribution is -2.48. The second kappa shape index (κ2) is 7.24. The van der Waals surface area contributed by atoms with Gasteiger partial charge >= 0.3 is 6.03 Å². The SMILES string of the molecule is CSC(C)CNC(=O)NCC1(C)CCCCC1O. The fourth-order valence-corrected chi connectivity index (χ4v) is 2.50. The number of hydrogen-bond donors (Lipinski definition) is 3. The van der Waals surface area contributed by atoms with Crippen LogP contribution >= 0.6 is 11.8 Å². The second-order valence-electron chi connectivity index (χ2n) is 5.53. The molecule has 1 fully saturated rings. The van der Waals surface area contributed by atoms with E-state index in [2.05, 4.69) is 24.5 Å².